The lowest BCUT2D eigenvalue weighted by molar-refractivity contribution is 0.630. The van der Waals surface area contributed by atoms with Crippen molar-refractivity contribution < 1.29 is 4.39 Å². The number of nitriles is 1. The molecule has 0 fully saturated rings. The molecule has 6 heteroatoms. The normalized spacial score (nSPS) is 10.3. The van der Waals surface area contributed by atoms with E-state index in [0.29, 0.717) is 5.69 Å². The maximum atomic E-state index is 13.9. The molecule has 0 aliphatic carbocycles. The molecule has 0 bridgehead atoms. The van der Waals surface area contributed by atoms with E-state index in [1.807, 2.05) is 6.07 Å². The number of pyridine rings is 1. The van der Waals surface area contributed by atoms with Gasteiger partial charge in [0.1, 0.15) is 29.0 Å². The molecule has 0 saturated carbocycles. The fraction of sp³-hybridized carbons (Fsp3) is 0. The van der Waals surface area contributed by atoms with Gasteiger partial charge in [-0.05, 0) is 24.3 Å². The average Bonchev–Trinajstić information content (AvgIpc) is 2.85. The van der Waals surface area contributed by atoms with Crippen molar-refractivity contribution in [3.8, 4) is 23.0 Å². The Bertz CT molecular complexity index is 833. The van der Waals surface area contributed by atoms with Gasteiger partial charge >= 0.3 is 0 Å². The van der Waals surface area contributed by atoms with Gasteiger partial charge in [0.25, 0.3) is 0 Å². The maximum absolute atomic E-state index is 13.9. The van der Waals surface area contributed by atoms with Crippen LogP contribution in [-0.2, 0) is 0 Å². The molecule has 0 unspecified atom stereocenters. The number of aromatic nitrogens is 3. The Balaban J connectivity index is 2.25. The zero-order valence-corrected chi connectivity index (χ0v) is 10.9. The zero-order valence-electron chi connectivity index (χ0n) is 10.9. The van der Waals surface area contributed by atoms with Crippen LogP contribution in [0.3, 0.4) is 0 Å². The first kappa shape index (κ1) is 12.8. The molecule has 0 atom stereocenters. The largest absolute Gasteiger partial charge is 0.382 e. The molecule has 0 radical (unpaired) electrons. The van der Waals surface area contributed by atoms with Gasteiger partial charge in [0.05, 0.1) is 5.69 Å². The molecule has 1 aromatic carbocycles. The fourth-order valence-corrected chi connectivity index (χ4v) is 2.07. The second-order valence-corrected chi connectivity index (χ2v) is 4.32. The summed E-state index contributed by atoms with van der Waals surface area (Å²) in [5, 5.41) is 13.6. The van der Waals surface area contributed by atoms with E-state index in [9.17, 15) is 9.65 Å². The summed E-state index contributed by atoms with van der Waals surface area (Å²) in [5.41, 5.74) is 7.24. The Morgan fingerprint density at radius 3 is 2.52 bits per heavy atom. The molecule has 0 aliphatic rings. The minimum Gasteiger partial charge on any atom is -0.382 e. The summed E-state index contributed by atoms with van der Waals surface area (Å²) in [5.74, 6) is -0.282. The SMILES string of the molecule is N#Cc1c(-c2ccccc2F)nn(-c2ccncc2)c1N. The fourth-order valence-electron chi connectivity index (χ4n) is 2.07. The van der Waals surface area contributed by atoms with Gasteiger partial charge in [-0.25, -0.2) is 9.07 Å². The van der Waals surface area contributed by atoms with Crippen LogP contribution in [0.4, 0.5) is 10.2 Å². The Hall–Kier alpha value is -3.20. The summed E-state index contributed by atoms with van der Waals surface area (Å²) in [7, 11) is 0. The van der Waals surface area contributed by atoms with E-state index in [2.05, 4.69) is 10.1 Å². The van der Waals surface area contributed by atoms with Crippen LogP contribution in [0.1, 0.15) is 5.56 Å². The van der Waals surface area contributed by atoms with Crippen LogP contribution in [-0.4, -0.2) is 14.8 Å². The van der Waals surface area contributed by atoms with Crippen molar-refractivity contribution in [3.63, 3.8) is 0 Å². The molecule has 5 nitrogen and oxygen atoms in total. The summed E-state index contributed by atoms with van der Waals surface area (Å²) >= 11 is 0. The minimum absolute atomic E-state index is 0.150. The van der Waals surface area contributed by atoms with Crippen molar-refractivity contribution >= 4 is 5.82 Å². The second kappa shape index (κ2) is 5.06. The number of rotatable bonds is 2. The molecule has 2 heterocycles. The Morgan fingerprint density at radius 1 is 1.14 bits per heavy atom. The van der Waals surface area contributed by atoms with Gasteiger partial charge in [-0.1, -0.05) is 12.1 Å². The number of hydrogen-bond donors (Lipinski definition) is 1. The van der Waals surface area contributed by atoms with Crippen molar-refractivity contribution in [2.45, 2.75) is 0 Å². The van der Waals surface area contributed by atoms with Crippen LogP contribution in [0.15, 0.2) is 48.8 Å². The molecular formula is C15H10FN5. The van der Waals surface area contributed by atoms with Crippen molar-refractivity contribution in [2.75, 3.05) is 5.73 Å². The van der Waals surface area contributed by atoms with Crippen LogP contribution in [0.2, 0.25) is 0 Å². The van der Waals surface area contributed by atoms with Gasteiger partial charge in [0, 0.05) is 18.0 Å². The number of nitrogens with zero attached hydrogens (tertiary/aromatic N) is 4. The quantitative estimate of drug-likeness (QED) is 0.781. The Kier molecular flexibility index (Phi) is 3.09. The number of nitrogen functional groups attached to an aromatic ring is 1. The first-order chi connectivity index (χ1) is 10.2. The van der Waals surface area contributed by atoms with Crippen molar-refractivity contribution in [3.05, 3.63) is 60.2 Å². The highest BCUT2D eigenvalue weighted by molar-refractivity contribution is 5.74. The van der Waals surface area contributed by atoms with Gasteiger partial charge in [0.15, 0.2) is 0 Å². The van der Waals surface area contributed by atoms with Crippen molar-refractivity contribution in [2.24, 2.45) is 0 Å². The van der Waals surface area contributed by atoms with Crippen LogP contribution < -0.4 is 5.73 Å². The summed E-state index contributed by atoms with van der Waals surface area (Å²) < 4.78 is 15.3. The maximum Gasteiger partial charge on any atom is 0.145 e. The molecule has 3 aromatic rings. The van der Waals surface area contributed by atoms with Crippen molar-refractivity contribution in [1.82, 2.24) is 14.8 Å². The van der Waals surface area contributed by atoms with E-state index in [-0.39, 0.29) is 22.6 Å². The molecule has 21 heavy (non-hydrogen) atoms. The van der Waals surface area contributed by atoms with Crippen LogP contribution >= 0.6 is 0 Å². The lowest BCUT2D eigenvalue weighted by atomic mass is 10.1. The molecule has 3 rings (SSSR count). The summed E-state index contributed by atoms with van der Waals surface area (Å²) in [6, 6.07) is 11.5. The molecular weight excluding hydrogens is 269 g/mol. The third kappa shape index (κ3) is 2.11. The van der Waals surface area contributed by atoms with Crippen LogP contribution in [0, 0.1) is 17.1 Å². The summed E-state index contributed by atoms with van der Waals surface area (Å²) in [4.78, 5) is 3.92. The van der Waals surface area contributed by atoms with Gasteiger partial charge < -0.3 is 5.73 Å². The number of benzene rings is 1. The Labute approximate surface area is 120 Å². The molecule has 2 N–H and O–H groups in total. The number of nitrogens with two attached hydrogens (primary N) is 1. The van der Waals surface area contributed by atoms with E-state index in [4.69, 9.17) is 5.73 Å². The van der Waals surface area contributed by atoms with Crippen LogP contribution in [0.5, 0.6) is 0 Å². The Morgan fingerprint density at radius 2 is 1.86 bits per heavy atom. The number of hydrogen-bond acceptors (Lipinski definition) is 4. The summed E-state index contributed by atoms with van der Waals surface area (Å²) in [6.45, 7) is 0. The van der Waals surface area contributed by atoms with Gasteiger partial charge in [-0.3, -0.25) is 4.98 Å². The van der Waals surface area contributed by atoms with Gasteiger partial charge in [-0.2, -0.15) is 10.4 Å². The first-order valence-corrected chi connectivity index (χ1v) is 6.16. The number of halogens is 1. The lowest BCUT2D eigenvalue weighted by Gasteiger charge is -2.02. The van der Waals surface area contributed by atoms with Crippen LogP contribution in [0.25, 0.3) is 16.9 Å². The summed E-state index contributed by atoms with van der Waals surface area (Å²) in [6.07, 6.45) is 3.18. The second-order valence-electron chi connectivity index (χ2n) is 4.32. The topological polar surface area (TPSA) is 80.5 Å². The van der Waals surface area contributed by atoms with E-state index in [0.717, 1.165) is 0 Å². The van der Waals surface area contributed by atoms with E-state index in [1.54, 1.807) is 42.7 Å². The average molecular weight is 279 g/mol. The smallest absolute Gasteiger partial charge is 0.145 e. The minimum atomic E-state index is -0.451. The molecule has 0 saturated heterocycles. The highest BCUT2D eigenvalue weighted by Crippen LogP contribution is 2.29. The number of anilines is 1. The standard InChI is InChI=1S/C15H10FN5/c16-13-4-2-1-3-11(13)14-12(9-17)15(18)21(20-14)10-5-7-19-8-6-10/h1-8H,18H2. The monoisotopic (exact) mass is 279 g/mol. The molecule has 102 valence electrons. The van der Waals surface area contributed by atoms with Gasteiger partial charge in [0.2, 0.25) is 0 Å². The highest BCUT2D eigenvalue weighted by atomic mass is 19.1. The predicted molar refractivity (Wildman–Crippen MR) is 75.9 cm³/mol. The first-order valence-electron chi connectivity index (χ1n) is 6.16. The lowest BCUT2D eigenvalue weighted by Crippen LogP contribution is -2.02. The highest BCUT2D eigenvalue weighted by Gasteiger charge is 2.19. The molecule has 2 aromatic heterocycles. The van der Waals surface area contributed by atoms with E-state index >= 15 is 0 Å². The zero-order chi connectivity index (χ0) is 14.8. The van der Waals surface area contributed by atoms with Crippen molar-refractivity contribution in [1.29, 1.82) is 5.26 Å². The predicted octanol–water partition coefficient (Wildman–Crippen LogP) is 2.53. The van der Waals surface area contributed by atoms with Gasteiger partial charge in [-0.15, -0.1) is 0 Å². The molecule has 0 aliphatic heterocycles. The molecule has 0 amide bonds. The molecule has 0 spiro atoms. The third-order valence-corrected chi connectivity index (χ3v) is 3.07. The van der Waals surface area contributed by atoms with E-state index in [1.165, 1.54) is 10.7 Å². The van der Waals surface area contributed by atoms with E-state index < -0.39 is 5.82 Å². The third-order valence-electron chi connectivity index (χ3n) is 3.07.